The highest BCUT2D eigenvalue weighted by atomic mass is 16.5. The van der Waals surface area contributed by atoms with Crippen molar-refractivity contribution in [1.82, 2.24) is 5.32 Å². The molecule has 0 aromatic rings. The van der Waals surface area contributed by atoms with E-state index in [-0.39, 0.29) is 0 Å². The Hall–Kier alpha value is -0.0800. The van der Waals surface area contributed by atoms with E-state index in [0.29, 0.717) is 12.1 Å². The van der Waals surface area contributed by atoms with Gasteiger partial charge in [-0.3, -0.25) is 0 Å². The van der Waals surface area contributed by atoms with E-state index in [2.05, 4.69) is 26.2 Å². The first-order chi connectivity index (χ1) is 8.26. The van der Waals surface area contributed by atoms with Crippen LogP contribution in [0.4, 0.5) is 0 Å². The lowest BCUT2D eigenvalue weighted by Gasteiger charge is -2.37. The Bertz CT molecular complexity index is 219. The molecule has 2 nitrogen and oxygen atoms in total. The van der Waals surface area contributed by atoms with Crippen molar-refractivity contribution in [3.05, 3.63) is 0 Å². The predicted molar refractivity (Wildman–Crippen MR) is 72.1 cm³/mol. The summed E-state index contributed by atoms with van der Waals surface area (Å²) >= 11 is 0. The number of rotatable bonds is 6. The highest BCUT2D eigenvalue weighted by molar-refractivity contribution is 4.94. The molecule has 0 radical (unpaired) electrons. The van der Waals surface area contributed by atoms with Gasteiger partial charge in [0.15, 0.2) is 0 Å². The molecule has 2 atom stereocenters. The largest absolute Gasteiger partial charge is 0.377 e. The highest BCUT2D eigenvalue weighted by Crippen LogP contribution is 2.40. The summed E-state index contributed by atoms with van der Waals surface area (Å²) in [6.07, 6.45) is 8.84. The van der Waals surface area contributed by atoms with Crippen LogP contribution in [0.15, 0.2) is 0 Å². The van der Waals surface area contributed by atoms with Gasteiger partial charge in [-0.2, -0.15) is 0 Å². The predicted octanol–water partition coefficient (Wildman–Crippen LogP) is 3.22. The van der Waals surface area contributed by atoms with E-state index in [1.54, 1.807) is 0 Å². The molecule has 100 valence electrons. The quantitative estimate of drug-likeness (QED) is 0.768. The van der Waals surface area contributed by atoms with Crippen molar-refractivity contribution in [3.63, 3.8) is 0 Å². The van der Waals surface area contributed by atoms with E-state index < -0.39 is 0 Å². The molecule has 2 aliphatic rings. The summed E-state index contributed by atoms with van der Waals surface area (Å²) in [5, 5.41) is 3.57. The topological polar surface area (TPSA) is 21.3 Å². The summed E-state index contributed by atoms with van der Waals surface area (Å²) in [7, 11) is 2.12. The van der Waals surface area contributed by atoms with Gasteiger partial charge in [0, 0.05) is 12.6 Å². The monoisotopic (exact) mass is 239 g/mol. The molecule has 2 aliphatic carbocycles. The van der Waals surface area contributed by atoms with Crippen LogP contribution in [0.1, 0.15) is 52.4 Å². The maximum absolute atomic E-state index is 6.04. The second-order valence-electron chi connectivity index (χ2n) is 6.09. The Morgan fingerprint density at radius 1 is 1.06 bits per heavy atom. The van der Waals surface area contributed by atoms with Crippen molar-refractivity contribution < 1.29 is 4.74 Å². The first-order valence-electron chi connectivity index (χ1n) is 7.55. The van der Waals surface area contributed by atoms with Gasteiger partial charge >= 0.3 is 0 Å². The van der Waals surface area contributed by atoms with Crippen LogP contribution in [0.25, 0.3) is 0 Å². The number of ether oxygens (including phenoxy) is 1. The minimum absolute atomic E-state index is 0.475. The molecule has 2 heteroatoms. The lowest BCUT2D eigenvalue weighted by Crippen LogP contribution is -2.47. The number of hydrogen-bond donors (Lipinski definition) is 1. The van der Waals surface area contributed by atoms with E-state index in [9.17, 15) is 0 Å². The van der Waals surface area contributed by atoms with Crippen LogP contribution >= 0.6 is 0 Å². The third kappa shape index (κ3) is 3.45. The molecule has 2 fully saturated rings. The third-order valence-electron chi connectivity index (χ3n) is 4.70. The molecule has 1 N–H and O–H groups in total. The molecule has 0 spiro atoms. The van der Waals surface area contributed by atoms with Gasteiger partial charge < -0.3 is 10.1 Å². The number of likely N-dealkylation sites (N-methyl/N-ethyl adjacent to an activating group) is 1. The van der Waals surface area contributed by atoms with E-state index in [4.69, 9.17) is 4.74 Å². The minimum atomic E-state index is 0.475. The molecule has 2 unspecified atom stereocenters. The molecule has 0 saturated heterocycles. The van der Waals surface area contributed by atoms with Crippen molar-refractivity contribution in [2.24, 2.45) is 17.8 Å². The van der Waals surface area contributed by atoms with E-state index in [0.717, 1.165) is 24.4 Å². The second kappa shape index (κ2) is 6.19. The zero-order chi connectivity index (χ0) is 12.3. The molecule has 2 saturated carbocycles. The van der Waals surface area contributed by atoms with Crippen LogP contribution < -0.4 is 5.32 Å². The Morgan fingerprint density at radius 3 is 2.12 bits per heavy atom. The van der Waals surface area contributed by atoms with E-state index in [1.165, 1.54) is 38.5 Å². The normalized spacial score (nSPS) is 33.4. The number of hydrogen-bond acceptors (Lipinski definition) is 2. The Labute approximate surface area is 107 Å². The van der Waals surface area contributed by atoms with Crippen LogP contribution in [0.2, 0.25) is 0 Å². The van der Waals surface area contributed by atoms with Crippen LogP contribution in [0, 0.1) is 17.8 Å². The van der Waals surface area contributed by atoms with Gasteiger partial charge in [-0.1, -0.05) is 19.8 Å². The second-order valence-corrected chi connectivity index (χ2v) is 6.09. The van der Waals surface area contributed by atoms with E-state index in [1.807, 2.05) is 0 Å². The average molecular weight is 239 g/mol. The van der Waals surface area contributed by atoms with Crippen LogP contribution in [-0.2, 0) is 4.74 Å². The summed E-state index contributed by atoms with van der Waals surface area (Å²) in [4.78, 5) is 0. The fraction of sp³-hybridized carbons (Fsp3) is 1.00. The average Bonchev–Trinajstić information content (AvgIpc) is 3.15. The molecule has 0 bridgehead atoms. The standard InChI is InChI=1S/C15H29NO/c1-4-17-15(13-9-10-13)14(16-3)12-7-5-11(2)6-8-12/h11-16H,4-10H2,1-3H3. The summed E-state index contributed by atoms with van der Waals surface area (Å²) in [6.45, 7) is 5.39. The van der Waals surface area contributed by atoms with E-state index >= 15 is 0 Å². The maximum Gasteiger partial charge on any atom is 0.0758 e. The molecule has 0 aromatic carbocycles. The molecule has 17 heavy (non-hydrogen) atoms. The van der Waals surface area contributed by atoms with Gasteiger partial charge in [0.05, 0.1) is 6.10 Å². The fourth-order valence-corrected chi connectivity index (χ4v) is 3.46. The van der Waals surface area contributed by atoms with Gasteiger partial charge in [-0.15, -0.1) is 0 Å². The summed E-state index contributed by atoms with van der Waals surface area (Å²) in [5.41, 5.74) is 0. The van der Waals surface area contributed by atoms with Crippen molar-refractivity contribution in [3.8, 4) is 0 Å². The summed E-state index contributed by atoms with van der Waals surface area (Å²) in [6, 6.07) is 0.593. The minimum Gasteiger partial charge on any atom is -0.377 e. The zero-order valence-corrected chi connectivity index (χ0v) is 11.7. The SMILES string of the molecule is CCOC(C1CC1)C(NC)C1CCC(C)CC1. The Morgan fingerprint density at radius 2 is 1.65 bits per heavy atom. The first kappa shape index (κ1) is 13.4. The summed E-state index contributed by atoms with van der Waals surface area (Å²) in [5.74, 6) is 2.62. The van der Waals surface area contributed by atoms with Crippen LogP contribution in [0.3, 0.4) is 0 Å². The Balaban J connectivity index is 1.93. The van der Waals surface area contributed by atoms with Crippen molar-refractivity contribution in [1.29, 1.82) is 0 Å². The molecular formula is C15H29NO. The summed E-state index contributed by atoms with van der Waals surface area (Å²) < 4.78 is 6.04. The van der Waals surface area contributed by atoms with Crippen LogP contribution in [0.5, 0.6) is 0 Å². The Kier molecular flexibility index (Phi) is 4.87. The fourth-order valence-electron chi connectivity index (χ4n) is 3.46. The van der Waals surface area contributed by atoms with Crippen molar-refractivity contribution in [2.45, 2.75) is 64.5 Å². The molecular weight excluding hydrogens is 210 g/mol. The van der Waals surface area contributed by atoms with Gasteiger partial charge in [-0.05, 0) is 57.4 Å². The smallest absolute Gasteiger partial charge is 0.0758 e. The molecule has 0 amide bonds. The lowest BCUT2D eigenvalue weighted by molar-refractivity contribution is -0.00217. The number of nitrogens with one attached hydrogen (secondary N) is 1. The van der Waals surface area contributed by atoms with Gasteiger partial charge in [0.1, 0.15) is 0 Å². The van der Waals surface area contributed by atoms with Gasteiger partial charge in [-0.25, -0.2) is 0 Å². The van der Waals surface area contributed by atoms with Gasteiger partial charge in [0.2, 0.25) is 0 Å². The molecule has 2 rings (SSSR count). The van der Waals surface area contributed by atoms with Crippen molar-refractivity contribution in [2.75, 3.05) is 13.7 Å². The third-order valence-corrected chi connectivity index (χ3v) is 4.70. The maximum atomic E-state index is 6.04. The van der Waals surface area contributed by atoms with Gasteiger partial charge in [0.25, 0.3) is 0 Å². The molecule has 0 heterocycles. The van der Waals surface area contributed by atoms with Crippen LogP contribution in [-0.4, -0.2) is 25.8 Å². The highest BCUT2D eigenvalue weighted by Gasteiger charge is 2.40. The zero-order valence-electron chi connectivity index (χ0n) is 11.7. The molecule has 0 aliphatic heterocycles. The lowest BCUT2D eigenvalue weighted by atomic mass is 9.77. The first-order valence-corrected chi connectivity index (χ1v) is 7.55. The van der Waals surface area contributed by atoms with Crippen molar-refractivity contribution >= 4 is 0 Å². The molecule has 0 aromatic heterocycles.